The first kappa shape index (κ1) is 6.40. The molecular formula is C8H14N2O. The van der Waals surface area contributed by atoms with Crippen LogP contribution in [0.15, 0.2) is 0 Å². The van der Waals surface area contributed by atoms with E-state index < -0.39 is 0 Å². The zero-order valence-electron chi connectivity index (χ0n) is 6.82. The van der Waals surface area contributed by atoms with Crippen LogP contribution in [0, 0.1) is 5.41 Å². The highest BCUT2D eigenvalue weighted by Crippen LogP contribution is 2.59. The molecule has 1 saturated carbocycles. The predicted molar refractivity (Wildman–Crippen MR) is 40.4 cm³/mol. The van der Waals surface area contributed by atoms with E-state index in [9.17, 15) is 5.21 Å². The van der Waals surface area contributed by atoms with Crippen LogP contribution < -0.4 is 0 Å². The van der Waals surface area contributed by atoms with Gasteiger partial charge in [0.1, 0.15) is 0 Å². The van der Waals surface area contributed by atoms with Crippen LogP contribution in [0.5, 0.6) is 0 Å². The Morgan fingerprint density at radius 3 is 2.82 bits per heavy atom. The van der Waals surface area contributed by atoms with Crippen LogP contribution in [0.2, 0.25) is 0 Å². The summed E-state index contributed by atoms with van der Waals surface area (Å²) < 4.78 is 0. The van der Waals surface area contributed by atoms with Gasteiger partial charge in [0.2, 0.25) is 0 Å². The average Bonchev–Trinajstić information content (AvgIpc) is 2.25. The second-order valence-corrected chi connectivity index (χ2v) is 4.38. The lowest BCUT2D eigenvalue weighted by Crippen LogP contribution is -2.75. The van der Waals surface area contributed by atoms with E-state index in [1.165, 1.54) is 19.4 Å². The van der Waals surface area contributed by atoms with Crippen LogP contribution in [0.3, 0.4) is 0 Å². The van der Waals surface area contributed by atoms with E-state index in [2.05, 4.69) is 11.9 Å². The van der Waals surface area contributed by atoms with Crippen LogP contribution in [0.25, 0.3) is 0 Å². The van der Waals surface area contributed by atoms with Crippen LogP contribution in [-0.4, -0.2) is 47.4 Å². The molecule has 1 aliphatic carbocycles. The fraction of sp³-hybridized carbons (Fsp3) is 1.00. The Kier molecular flexibility index (Phi) is 0.947. The van der Waals surface area contributed by atoms with Crippen molar-refractivity contribution in [3.8, 4) is 0 Å². The number of nitrogens with zero attached hydrogens (tertiary/aromatic N) is 2. The summed E-state index contributed by atoms with van der Waals surface area (Å²) in [6.45, 7) is 2.27. The molecule has 3 atom stereocenters. The Morgan fingerprint density at radius 2 is 2.27 bits per heavy atom. The first-order valence-corrected chi connectivity index (χ1v) is 4.40. The quantitative estimate of drug-likeness (QED) is 0.538. The Balaban J connectivity index is 1.90. The van der Waals surface area contributed by atoms with Crippen molar-refractivity contribution in [2.45, 2.75) is 24.9 Å². The molecule has 3 aliphatic rings. The Bertz CT molecular complexity index is 208. The molecule has 0 aromatic rings. The van der Waals surface area contributed by atoms with Crippen molar-refractivity contribution in [3.05, 3.63) is 0 Å². The van der Waals surface area contributed by atoms with Gasteiger partial charge in [0.25, 0.3) is 0 Å². The molecule has 1 spiro atoms. The first-order valence-electron chi connectivity index (χ1n) is 4.40. The number of likely N-dealkylation sites (tertiary alicyclic amines) is 1. The molecule has 3 heteroatoms. The summed E-state index contributed by atoms with van der Waals surface area (Å²) in [7, 11) is 2.15. The first-order chi connectivity index (χ1) is 5.24. The van der Waals surface area contributed by atoms with E-state index in [1.807, 2.05) is 0 Å². The monoisotopic (exact) mass is 154 g/mol. The van der Waals surface area contributed by atoms with Crippen molar-refractivity contribution in [1.82, 2.24) is 9.96 Å². The molecule has 3 unspecified atom stereocenters. The molecule has 0 bridgehead atoms. The molecule has 2 heterocycles. The molecule has 0 aromatic carbocycles. The highest BCUT2D eigenvalue weighted by atomic mass is 16.5. The third kappa shape index (κ3) is 0.504. The van der Waals surface area contributed by atoms with Gasteiger partial charge in [-0.1, -0.05) is 0 Å². The second-order valence-electron chi connectivity index (χ2n) is 4.38. The van der Waals surface area contributed by atoms with E-state index >= 15 is 0 Å². The summed E-state index contributed by atoms with van der Waals surface area (Å²) in [4.78, 5) is 2.34. The third-order valence-corrected chi connectivity index (χ3v) is 3.90. The van der Waals surface area contributed by atoms with Crippen molar-refractivity contribution in [2.24, 2.45) is 5.41 Å². The number of likely N-dealkylation sites (N-methyl/N-ethyl adjacent to an activating group) is 1. The second kappa shape index (κ2) is 1.63. The smallest absolute Gasteiger partial charge is 0.0564 e. The third-order valence-electron chi connectivity index (χ3n) is 3.90. The molecule has 62 valence electrons. The maximum absolute atomic E-state index is 9.53. The number of hydroxylamine groups is 2. The van der Waals surface area contributed by atoms with Crippen molar-refractivity contribution < 1.29 is 5.21 Å². The minimum Gasteiger partial charge on any atom is -0.313 e. The van der Waals surface area contributed by atoms with Gasteiger partial charge in [0.15, 0.2) is 0 Å². The Labute approximate surface area is 66.5 Å². The zero-order chi connectivity index (χ0) is 7.64. The molecule has 3 rings (SSSR count). The molecular weight excluding hydrogens is 140 g/mol. The zero-order valence-corrected chi connectivity index (χ0v) is 6.82. The summed E-state index contributed by atoms with van der Waals surface area (Å²) in [5.74, 6) is 0. The molecule has 3 fully saturated rings. The van der Waals surface area contributed by atoms with Gasteiger partial charge in [-0.25, -0.2) is 0 Å². The van der Waals surface area contributed by atoms with E-state index in [-0.39, 0.29) is 0 Å². The van der Waals surface area contributed by atoms with Crippen molar-refractivity contribution in [3.63, 3.8) is 0 Å². The lowest BCUT2D eigenvalue weighted by molar-refractivity contribution is -0.322. The summed E-state index contributed by atoms with van der Waals surface area (Å²) in [5.41, 5.74) is 0.517. The van der Waals surface area contributed by atoms with E-state index in [0.29, 0.717) is 17.5 Å². The van der Waals surface area contributed by atoms with E-state index in [1.54, 1.807) is 5.06 Å². The highest BCUT2D eigenvalue weighted by Gasteiger charge is 2.68. The summed E-state index contributed by atoms with van der Waals surface area (Å²) in [5, 5.41) is 11.1. The minimum absolute atomic E-state index is 0.464. The molecule has 0 amide bonds. The van der Waals surface area contributed by atoms with Gasteiger partial charge in [0, 0.05) is 24.5 Å². The normalized spacial score (nSPS) is 56.2. The lowest BCUT2D eigenvalue weighted by Gasteiger charge is -2.64. The summed E-state index contributed by atoms with van der Waals surface area (Å²) >= 11 is 0. The van der Waals surface area contributed by atoms with Gasteiger partial charge in [-0.3, -0.25) is 0 Å². The van der Waals surface area contributed by atoms with E-state index in [4.69, 9.17) is 0 Å². The number of hydrogen-bond acceptors (Lipinski definition) is 3. The van der Waals surface area contributed by atoms with Crippen molar-refractivity contribution in [1.29, 1.82) is 0 Å². The number of piperidine rings is 1. The molecule has 1 N–H and O–H groups in total. The van der Waals surface area contributed by atoms with E-state index in [0.717, 1.165) is 6.54 Å². The van der Waals surface area contributed by atoms with Gasteiger partial charge >= 0.3 is 0 Å². The van der Waals surface area contributed by atoms with Gasteiger partial charge < -0.3 is 10.1 Å². The van der Waals surface area contributed by atoms with Crippen LogP contribution >= 0.6 is 0 Å². The standard InChI is InChI=1S/C8H14N2O/c1-9-4-7-8(5-9)3-2-6(8)10(7)11/h6-7,11H,2-5H2,1H3. The maximum Gasteiger partial charge on any atom is 0.0564 e. The number of rotatable bonds is 0. The lowest BCUT2D eigenvalue weighted by atomic mass is 9.55. The Morgan fingerprint density at radius 1 is 1.45 bits per heavy atom. The van der Waals surface area contributed by atoms with Crippen LogP contribution in [-0.2, 0) is 0 Å². The molecule has 2 saturated heterocycles. The van der Waals surface area contributed by atoms with Gasteiger partial charge in [-0.15, -0.1) is 0 Å². The summed E-state index contributed by atoms with van der Waals surface area (Å²) in [6.07, 6.45) is 2.55. The highest BCUT2D eigenvalue weighted by molar-refractivity contribution is 5.20. The average molecular weight is 154 g/mol. The summed E-state index contributed by atoms with van der Waals surface area (Å²) in [6, 6.07) is 0.976. The molecule has 0 aromatic heterocycles. The predicted octanol–water partition coefficient (Wildman–Crippen LogP) is 0.154. The molecule has 0 radical (unpaired) electrons. The molecule has 2 aliphatic heterocycles. The van der Waals surface area contributed by atoms with Crippen molar-refractivity contribution >= 4 is 0 Å². The Hall–Kier alpha value is -0.120. The minimum atomic E-state index is 0.464. The van der Waals surface area contributed by atoms with Gasteiger partial charge in [-0.05, 0) is 19.9 Å². The largest absolute Gasteiger partial charge is 0.313 e. The maximum atomic E-state index is 9.53. The van der Waals surface area contributed by atoms with Gasteiger partial charge in [0.05, 0.1) is 6.04 Å². The fourth-order valence-corrected chi connectivity index (χ4v) is 3.24. The SMILES string of the molecule is CN1CC2N(O)C3CCC32C1. The van der Waals surface area contributed by atoms with Crippen LogP contribution in [0.4, 0.5) is 0 Å². The topological polar surface area (TPSA) is 26.7 Å². The fourth-order valence-electron chi connectivity index (χ4n) is 3.24. The number of hydrogen-bond donors (Lipinski definition) is 1. The molecule has 3 nitrogen and oxygen atoms in total. The van der Waals surface area contributed by atoms with Crippen LogP contribution in [0.1, 0.15) is 12.8 Å². The van der Waals surface area contributed by atoms with Gasteiger partial charge in [-0.2, -0.15) is 5.06 Å². The van der Waals surface area contributed by atoms with Crippen molar-refractivity contribution in [2.75, 3.05) is 20.1 Å². The molecule has 11 heavy (non-hydrogen) atoms.